The fourth-order valence-electron chi connectivity index (χ4n) is 4.56. The molecule has 1 aliphatic heterocycles. The van der Waals surface area contributed by atoms with Crippen molar-refractivity contribution < 1.29 is 19.1 Å². The molecular formula is C26H23NO4. The molecule has 5 nitrogen and oxygen atoms in total. The van der Waals surface area contributed by atoms with E-state index in [0.717, 1.165) is 22.3 Å². The number of carbonyl (C=O) groups is 2. The molecule has 1 saturated heterocycles. The Balaban J connectivity index is 1.32. The third kappa shape index (κ3) is 3.56. The van der Waals surface area contributed by atoms with Crippen molar-refractivity contribution in [1.82, 2.24) is 4.90 Å². The predicted octanol–water partition coefficient (Wildman–Crippen LogP) is 4.67. The van der Waals surface area contributed by atoms with Gasteiger partial charge in [0.1, 0.15) is 12.6 Å². The highest BCUT2D eigenvalue weighted by Gasteiger charge is 2.39. The van der Waals surface area contributed by atoms with Crippen molar-refractivity contribution in [3.63, 3.8) is 0 Å². The van der Waals surface area contributed by atoms with Crippen LogP contribution in [0.2, 0.25) is 0 Å². The van der Waals surface area contributed by atoms with Crippen LogP contribution in [0.5, 0.6) is 0 Å². The molecule has 3 aromatic rings. The average Bonchev–Trinajstić information content (AvgIpc) is 3.30. The van der Waals surface area contributed by atoms with Crippen molar-refractivity contribution in [2.75, 3.05) is 13.3 Å². The number of esters is 1. The fourth-order valence-corrected chi connectivity index (χ4v) is 4.56. The second-order valence-electron chi connectivity index (χ2n) is 8.08. The van der Waals surface area contributed by atoms with E-state index in [2.05, 4.69) is 24.3 Å². The Morgan fingerprint density at radius 3 is 2.35 bits per heavy atom. The highest BCUT2D eigenvalue weighted by atomic mass is 16.6. The summed E-state index contributed by atoms with van der Waals surface area (Å²) in [6.45, 7) is 2.14. The summed E-state index contributed by atoms with van der Waals surface area (Å²) in [5.74, 6) is -0.416. The topological polar surface area (TPSA) is 55.8 Å². The highest BCUT2D eigenvalue weighted by Crippen LogP contribution is 2.44. The van der Waals surface area contributed by atoms with Crippen LogP contribution in [0.4, 0.5) is 4.79 Å². The first kappa shape index (κ1) is 19.4. The van der Waals surface area contributed by atoms with E-state index in [1.807, 2.05) is 55.5 Å². The second-order valence-corrected chi connectivity index (χ2v) is 8.08. The molecule has 0 aromatic heterocycles. The van der Waals surface area contributed by atoms with Gasteiger partial charge in [-0.2, -0.15) is 0 Å². The molecule has 0 N–H and O–H groups in total. The molecule has 1 aliphatic carbocycles. The van der Waals surface area contributed by atoms with Crippen LogP contribution < -0.4 is 0 Å². The molecule has 1 heterocycles. The van der Waals surface area contributed by atoms with Crippen LogP contribution in [-0.2, 0) is 20.7 Å². The number of amides is 1. The van der Waals surface area contributed by atoms with Crippen LogP contribution in [0.3, 0.4) is 0 Å². The van der Waals surface area contributed by atoms with Crippen LogP contribution in [0.1, 0.15) is 28.2 Å². The van der Waals surface area contributed by atoms with Crippen LogP contribution in [-0.4, -0.2) is 36.3 Å². The van der Waals surface area contributed by atoms with E-state index in [0.29, 0.717) is 6.42 Å². The third-order valence-corrected chi connectivity index (χ3v) is 6.08. The number of rotatable bonds is 4. The normalized spacial score (nSPS) is 17.3. The molecule has 0 saturated carbocycles. The summed E-state index contributed by atoms with van der Waals surface area (Å²) in [6.07, 6.45) is -0.115. The Bertz CT molecular complexity index is 1110. The number of cyclic esters (lactones) is 1. The first-order valence-corrected chi connectivity index (χ1v) is 10.5. The summed E-state index contributed by atoms with van der Waals surface area (Å²) < 4.78 is 10.9. The van der Waals surface area contributed by atoms with Gasteiger partial charge in [-0.15, -0.1) is 0 Å². The SMILES string of the molecule is Cc1cccc(C[C@H]2C(=O)OCN2C(=O)OCC2c3ccccc3-c3ccccc32)c1. The number of fused-ring (bicyclic) bond motifs is 3. The molecule has 3 aromatic carbocycles. The minimum Gasteiger partial charge on any atom is -0.448 e. The molecule has 0 bridgehead atoms. The largest absolute Gasteiger partial charge is 0.448 e. The van der Waals surface area contributed by atoms with E-state index >= 15 is 0 Å². The molecule has 31 heavy (non-hydrogen) atoms. The van der Waals surface area contributed by atoms with Crippen molar-refractivity contribution in [2.45, 2.75) is 25.3 Å². The first-order valence-electron chi connectivity index (χ1n) is 10.5. The van der Waals surface area contributed by atoms with Crippen LogP contribution in [0.25, 0.3) is 11.1 Å². The van der Waals surface area contributed by atoms with Gasteiger partial charge in [0.2, 0.25) is 0 Å². The molecule has 1 atom stereocenters. The van der Waals surface area contributed by atoms with Gasteiger partial charge in [-0.1, -0.05) is 78.4 Å². The van der Waals surface area contributed by atoms with E-state index in [9.17, 15) is 9.59 Å². The van der Waals surface area contributed by atoms with Crippen molar-refractivity contribution in [2.24, 2.45) is 0 Å². The Labute approximate surface area is 181 Å². The average molecular weight is 413 g/mol. The smallest absolute Gasteiger partial charge is 0.413 e. The van der Waals surface area contributed by atoms with Gasteiger partial charge in [0.25, 0.3) is 0 Å². The van der Waals surface area contributed by atoms with Gasteiger partial charge in [-0.3, -0.25) is 4.90 Å². The van der Waals surface area contributed by atoms with Crippen molar-refractivity contribution in [3.05, 3.63) is 95.1 Å². The van der Waals surface area contributed by atoms with Crippen molar-refractivity contribution in [3.8, 4) is 11.1 Å². The van der Waals surface area contributed by atoms with Gasteiger partial charge < -0.3 is 9.47 Å². The molecule has 1 amide bonds. The minimum atomic E-state index is -0.669. The van der Waals surface area contributed by atoms with Gasteiger partial charge >= 0.3 is 12.1 Å². The number of ether oxygens (including phenoxy) is 2. The molecule has 156 valence electrons. The molecule has 0 spiro atoms. The number of carbonyl (C=O) groups excluding carboxylic acids is 2. The van der Waals surface area contributed by atoms with E-state index in [1.165, 1.54) is 16.0 Å². The maximum absolute atomic E-state index is 12.9. The van der Waals surface area contributed by atoms with Gasteiger partial charge in [-0.25, -0.2) is 9.59 Å². The van der Waals surface area contributed by atoms with Gasteiger partial charge in [-0.05, 0) is 34.7 Å². The predicted molar refractivity (Wildman–Crippen MR) is 117 cm³/mol. The van der Waals surface area contributed by atoms with Gasteiger partial charge in [0.05, 0.1) is 0 Å². The van der Waals surface area contributed by atoms with E-state index in [4.69, 9.17) is 9.47 Å². The molecule has 5 rings (SSSR count). The molecule has 5 heteroatoms. The lowest BCUT2D eigenvalue weighted by Gasteiger charge is -2.21. The number of nitrogens with zero attached hydrogens (tertiary/aromatic N) is 1. The van der Waals surface area contributed by atoms with E-state index in [1.54, 1.807) is 0 Å². The minimum absolute atomic E-state index is 0.0224. The Hall–Kier alpha value is -3.60. The Kier molecular flexibility index (Phi) is 4.94. The number of aryl methyl sites for hydroxylation is 1. The molecule has 2 aliphatic rings. The molecule has 0 unspecified atom stereocenters. The maximum atomic E-state index is 12.9. The highest BCUT2D eigenvalue weighted by molar-refractivity contribution is 5.84. The fraction of sp³-hybridized carbons (Fsp3) is 0.231. The summed E-state index contributed by atoms with van der Waals surface area (Å²) in [4.78, 5) is 26.6. The van der Waals surface area contributed by atoms with Gasteiger partial charge in [0.15, 0.2) is 6.73 Å². The number of hydrogen-bond donors (Lipinski definition) is 0. The number of benzene rings is 3. The number of hydrogen-bond acceptors (Lipinski definition) is 4. The molecular weight excluding hydrogens is 390 g/mol. The molecule has 1 fully saturated rings. The van der Waals surface area contributed by atoms with Crippen molar-refractivity contribution in [1.29, 1.82) is 0 Å². The van der Waals surface area contributed by atoms with Crippen molar-refractivity contribution >= 4 is 12.1 Å². The van der Waals surface area contributed by atoms with Crippen LogP contribution >= 0.6 is 0 Å². The lowest BCUT2D eigenvalue weighted by molar-refractivity contribution is -0.139. The zero-order valence-corrected chi connectivity index (χ0v) is 17.3. The lowest BCUT2D eigenvalue weighted by atomic mass is 9.98. The monoisotopic (exact) mass is 413 g/mol. The summed E-state index contributed by atoms with van der Waals surface area (Å²) in [7, 11) is 0. The molecule has 0 radical (unpaired) electrons. The van der Waals surface area contributed by atoms with Gasteiger partial charge in [0, 0.05) is 12.3 Å². The second kappa shape index (κ2) is 7.91. The Morgan fingerprint density at radius 2 is 1.68 bits per heavy atom. The maximum Gasteiger partial charge on any atom is 0.413 e. The van der Waals surface area contributed by atoms with Crippen LogP contribution in [0.15, 0.2) is 72.8 Å². The summed E-state index contributed by atoms with van der Waals surface area (Å²) in [6, 6.07) is 23.7. The van der Waals surface area contributed by atoms with Crippen LogP contribution in [0, 0.1) is 6.92 Å². The quantitative estimate of drug-likeness (QED) is 0.583. The lowest BCUT2D eigenvalue weighted by Crippen LogP contribution is -2.40. The Morgan fingerprint density at radius 1 is 1.00 bits per heavy atom. The van der Waals surface area contributed by atoms with E-state index in [-0.39, 0.29) is 19.3 Å². The summed E-state index contributed by atoms with van der Waals surface area (Å²) in [5, 5.41) is 0. The first-order chi connectivity index (χ1) is 15.1. The zero-order chi connectivity index (χ0) is 21.4. The summed E-state index contributed by atoms with van der Waals surface area (Å²) in [5.41, 5.74) is 6.76. The third-order valence-electron chi connectivity index (χ3n) is 6.08. The van der Waals surface area contributed by atoms with E-state index < -0.39 is 18.1 Å². The standard InChI is InChI=1S/C26H23NO4/c1-17-7-6-8-18(13-17)14-24-25(28)31-16-27(24)26(29)30-15-23-21-11-4-2-9-19(21)20-10-3-5-12-22(20)23/h2-13,23-24H,14-16H2,1H3/t24-/m0/s1. The summed E-state index contributed by atoms with van der Waals surface area (Å²) >= 11 is 0. The zero-order valence-electron chi connectivity index (χ0n) is 17.3.